The van der Waals surface area contributed by atoms with Crippen molar-refractivity contribution in [2.75, 3.05) is 12.4 Å². The first-order chi connectivity index (χ1) is 6.56. The Morgan fingerprint density at radius 3 is 2.57 bits per heavy atom. The van der Waals surface area contributed by atoms with Gasteiger partial charge in [-0.25, -0.2) is 0 Å². The van der Waals surface area contributed by atoms with E-state index in [9.17, 15) is 4.79 Å². The lowest BCUT2D eigenvalue weighted by atomic mass is 10.3. The first kappa shape index (κ1) is 11.5. The molecule has 6 heteroatoms. The summed E-state index contributed by atoms with van der Waals surface area (Å²) in [5.74, 6) is 0.453. The van der Waals surface area contributed by atoms with Gasteiger partial charge in [-0.15, -0.1) is 0 Å². The number of amides is 1. The molecule has 0 atom stereocenters. The molecule has 0 radical (unpaired) electrons. The predicted molar refractivity (Wildman–Crippen MR) is 61.0 cm³/mol. The Bertz CT molecular complexity index is 371. The number of thiol groups is 1. The fourth-order valence-corrected chi connectivity index (χ4v) is 1.47. The van der Waals surface area contributed by atoms with Gasteiger partial charge in [0.15, 0.2) is 0 Å². The first-order valence-corrected chi connectivity index (χ1v) is 4.78. The SMILES string of the molecule is COc1ccc(NC(=O)S)c(Cl)c1Cl. The molecule has 14 heavy (non-hydrogen) atoms. The number of methoxy groups -OCH3 is 1. The van der Waals surface area contributed by atoms with Crippen LogP contribution in [-0.2, 0) is 0 Å². The molecule has 0 unspecified atom stereocenters. The molecule has 1 amide bonds. The van der Waals surface area contributed by atoms with Crippen LogP contribution < -0.4 is 10.1 Å². The number of hydrogen-bond acceptors (Lipinski definition) is 2. The van der Waals surface area contributed by atoms with Gasteiger partial charge < -0.3 is 10.1 Å². The van der Waals surface area contributed by atoms with Crippen molar-refractivity contribution >= 4 is 46.8 Å². The number of halogens is 2. The number of anilines is 1. The van der Waals surface area contributed by atoms with E-state index < -0.39 is 5.24 Å². The molecule has 0 heterocycles. The summed E-state index contributed by atoms with van der Waals surface area (Å²) in [5, 5.41) is 2.40. The highest BCUT2D eigenvalue weighted by Gasteiger charge is 2.10. The highest BCUT2D eigenvalue weighted by molar-refractivity contribution is 7.96. The Morgan fingerprint density at radius 1 is 1.43 bits per heavy atom. The third-order valence-corrected chi connectivity index (χ3v) is 2.48. The average molecular weight is 252 g/mol. The molecule has 0 saturated carbocycles. The van der Waals surface area contributed by atoms with Gasteiger partial charge in [-0.2, -0.15) is 0 Å². The summed E-state index contributed by atoms with van der Waals surface area (Å²) in [5.41, 5.74) is 0.400. The van der Waals surface area contributed by atoms with Crippen molar-refractivity contribution < 1.29 is 9.53 Å². The highest BCUT2D eigenvalue weighted by Crippen LogP contribution is 2.37. The lowest BCUT2D eigenvalue weighted by Gasteiger charge is -2.09. The van der Waals surface area contributed by atoms with Crippen LogP contribution >= 0.6 is 35.8 Å². The Labute approximate surface area is 96.7 Å². The summed E-state index contributed by atoms with van der Waals surface area (Å²) in [6, 6.07) is 3.19. The zero-order chi connectivity index (χ0) is 10.7. The molecular weight excluding hydrogens is 245 g/mol. The highest BCUT2D eigenvalue weighted by atomic mass is 35.5. The van der Waals surface area contributed by atoms with Gasteiger partial charge in [0.1, 0.15) is 10.8 Å². The molecule has 0 spiro atoms. The van der Waals surface area contributed by atoms with E-state index in [1.165, 1.54) is 7.11 Å². The van der Waals surface area contributed by atoms with Crippen molar-refractivity contribution in [1.82, 2.24) is 0 Å². The third-order valence-electron chi connectivity index (χ3n) is 1.51. The summed E-state index contributed by atoms with van der Waals surface area (Å²) in [7, 11) is 1.48. The Kier molecular flexibility index (Phi) is 3.92. The molecule has 1 N–H and O–H groups in total. The summed E-state index contributed by atoms with van der Waals surface area (Å²) >= 11 is 15.3. The van der Waals surface area contributed by atoms with E-state index >= 15 is 0 Å². The second-order valence-electron chi connectivity index (χ2n) is 2.37. The molecular formula is C8H7Cl2NO2S. The van der Waals surface area contributed by atoms with Gasteiger partial charge in [0.2, 0.25) is 0 Å². The maximum atomic E-state index is 10.7. The van der Waals surface area contributed by atoms with Crippen LogP contribution in [0.2, 0.25) is 10.0 Å². The van der Waals surface area contributed by atoms with Gasteiger partial charge in [-0.1, -0.05) is 35.8 Å². The number of carbonyl (C=O) groups is 1. The Hall–Kier alpha value is -0.580. The zero-order valence-electron chi connectivity index (χ0n) is 7.17. The summed E-state index contributed by atoms with van der Waals surface area (Å²) in [4.78, 5) is 10.7. The van der Waals surface area contributed by atoms with E-state index in [2.05, 4.69) is 17.9 Å². The maximum absolute atomic E-state index is 10.7. The van der Waals surface area contributed by atoms with E-state index in [1.54, 1.807) is 12.1 Å². The fraction of sp³-hybridized carbons (Fsp3) is 0.125. The number of carbonyl (C=O) groups excluding carboxylic acids is 1. The molecule has 0 bridgehead atoms. The second kappa shape index (κ2) is 4.77. The molecule has 76 valence electrons. The van der Waals surface area contributed by atoms with Crippen LogP contribution in [0.25, 0.3) is 0 Å². The predicted octanol–water partition coefficient (Wildman–Crippen LogP) is 3.46. The maximum Gasteiger partial charge on any atom is 0.280 e. The van der Waals surface area contributed by atoms with Crippen LogP contribution in [0.15, 0.2) is 12.1 Å². The summed E-state index contributed by atoms with van der Waals surface area (Å²) in [6.45, 7) is 0. The van der Waals surface area contributed by atoms with Gasteiger partial charge in [0, 0.05) is 0 Å². The topological polar surface area (TPSA) is 38.3 Å². The van der Waals surface area contributed by atoms with E-state index in [0.29, 0.717) is 11.4 Å². The Morgan fingerprint density at radius 2 is 2.07 bits per heavy atom. The van der Waals surface area contributed by atoms with Gasteiger partial charge >= 0.3 is 0 Å². The number of ether oxygens (including phenoxy) is 1. The van der Waals surface area contributed by atoms with Crippen LogP contribution in [0.1, 0.15) is 0 Å². The molecule has 0 saturated heterocycles. The fourth-order valence-electron chi connectivity index (χ4n) is 0.901. The van der Waals surface area contributed by atoms with E-state index in [0.717, 1.165) is 0 Å². The second-order valence-corrected chi connectivity index (χ2v) is 3.54. The van der Waals surface area contributed by atoms with Crippen molar-refractivity contribution in [2.45, 2.75) is 0 Å². The molecule has 0 aliphatic heterocycles. The van der Waals surface area contributed by atoms with Crippen LogP contribution in [0.4, 0.5) is 10.5 Å². The molecule has 1 rings (SSSR count). The van der Waals surface area contributed by atoms with E-state index in [4.69, 9.17) is 27.9 Å². The van der Waals surface area contributed by atoms with Crippen molar-refractivity contribution in [3.63, 3.8) is 0 Å². The minimum atomic E-state index is -0.506. The van der Waals surface area contributed by atoms with E-state index in [1.807, 2.05) is 0 Å². The van der Waals surface area contributed by atoms with Crippen LogP contribution in [0.5, 0.6) is 5.75 Å². The molecule has 0 aliphatic rings. The number of benzene rings is 1. The summed E-state index contributed by atoms with van der Waals surface area (Å²) in [6.07, 6.45) is 0. The summed E-state index contributed by atoms with van der Waals surface area (Å²) < 4.78 is 4.94. The first-order valence-electron chi connectivity index (χ1n) is 3.58. The number of nitrogens with one attached hydrogen (secondary N) is 1. The third kappa shape index (κ3) is 2.47. The molecule has 1 aromatic rings. The molecule has 0 aliphatic carbocycles. The number of hydrogen-bond donors (Lipinski definition) is 2. The quantitative estimate of drug-likeness (QED) is 0.791. The van der Waals surface area contributed by atoms with Crippen molar-refractivity contribution in [1.29, 1.82) is 0 Å². The largest absolute Gasteiger partial charge is 0.495 e. The van der Waals surface area contributed by atoms with Crippen LogP contribution in [0, 0.1) is 0 Å². The smallest absolute Gasteiger partial charge is 0.280 e. The van der Waals surface area contributed by atoms with Gasteiger partial charge in [-0.3, -0.25) is 4.79 Å². The monoisotopic (exact) mass is 251 g/mol. The molecule has 0 fully saturated rings. The minimum absolute atomic E-state index is 0.230. The average Bonchev–Trinajstić information content (AvgIpc) is 2.13. The van der Waals surface area contributed by atoms with Crippen molar-refractivity contribution in [2.24, 2.45) is 0 Å². The van der Waals surface area contributed by atoms with Gasteiger partial charge in [-0.05, 0) is 12.1 Å². The zero-order valence-corrected chi connectivity index (χ0v) is 9.58. The van der Waals surface area contributed by atoms with Crippen molar-refractivity contribution in [3.8, 4) is 5.75 Å². The van der Waals surface area contributed by atoms with Gasteiger partial charge in [0.25, 0.3) is 5.24 Å². The van der Waals surface area contributed by atoms with E-state index in [-0.39, 0.29) is 10.0 Å². The number of rotatable bonds is 2. The lowest BCUT2D eigenvalue weighted by molar-refractivity contribution is 0.270. The Balaban J connectivity index is 3.10. The molecule has 3 nitrogen and oxygen atoms in total. The van der Waals surface area contributed by atoms with Crippen LogP contribution in [-0.4, -0.2) is 12.3 Å². The molecule has 0 aromatic heterocycles. The lowest BCUT2D eigenvalue weighted by Crippen LogP contribution is -2.02. The minimum Gasteiger partial charge on any atom is -0.495 e. The van der Waals surface area contributed by atoms with Crippen molar-refractivity contribution in [3.05, 3.63) is 22.2 Å². The van der Waals surface area contributed by atoms with Gasteiger partial charge in [0.05, 0.1) is 17.8 Å². The molecule has 1 aromatic carbocycles. The van der Waals surface area contributed by atoms with Crippen LogP contribution in [0.3, 0.4) is 0 Å². The standard InChI is InChI=1S/C8H7Cl2NO2S/c1-13-5-3-2-4(11-8(12)14)6(9)7(5)10/h2-3H,1H3,(H2,11,12,14). The normalized spacial score (nSPS) is 9.71.